The topological polar surface area (TPSA) is 77.1 Å². The van der Waals surface area contributed by atoms with Gasteiger partial charge in [0.05, 0.1) is 24.8 Å². The summed E-state index contributed by atoms with van der Waals surface area (Å²) in [5.74, 6) is -0.697. The highest BCUT2D eigenvalue weighted by Crippen LogP contribution is 2.36. The predicted octanol–water partition coefficient (Wildman–Crippen LogP) is 4.54. The Morgan fingerprint density at radius 3 is 2.77 bits per heavy atom. The third kappa shape index (κ3) is 7.02. The van der Waals surface area contributed by atoms with Crippen LogP contribution in [0.5, 0.6) is 0 Å². The van der Waals surface area contributed by atoms with Crippen molar-refractivity contribution in [3.05, 3.63) is 34.6 Å². The Morgan fingerprint density at radius 1 is 1.37 bits per heavy atom. The van der Waals surface area contributed by atoms with Gasteiger partial charge in [0, 0.05) is 31.1 Å². The average molecular weight is 445 g/mol. The van der Waals surface area contributed by atoms with Crippen molar-refractivity contribution in [3.63, 3.8) is 0 Å². The van der Waals surface area contributed by atoms with Gasteiger partial charge in [-0.25, -0.2) is 14.0 Å². The molecule has 1 fully saturated rings. The van der Waals surface area contributed by atoms with Crippen molar-refractivity contribution in [2.45, 2.75) is 45.3 Å². The molecule has 0 aliphatic carbocycles. The van der Waals surface area contributed by atoms with Crippen LogP contribution in [0.3, 0.4) is 0 Å². The summed E-state index contributed by atoms with van der Waals surface area (Å²) in [4.78, 5) is 25.4. The molecule has 2 rings (SSSR count). The number of amides is 2. The summed E-state index contributed by atoms with van der Waals surface area (Å²) >= 11 is 5.98. The van der Waals surface area contributed by atoms with Crippen LogP contribution in [0, 0.1) is 11.7 Å². The Bertz CT molecular complexity index is 741. The lowest BCUT2D eigenvalue weighted by atomic mass is 9.88. The van der Waals surface area contributed by atoms with E-state index in [0.717, 1.165) is 12.8 Å². The molecule has 2 amide bonds. The Balaban J connectivity index is 2.15. The monoisotopic (exact) mass is 444 g/mol. The van der Waals surface area contributed by atoms with E-state index in [0.29, 0.717) is 18.7 Å². The summed E-state index contributed by atoms with van der Waals surface area (Å²) in [6, 6.07) is 4.77. The zero-order valence-electron chi connectivity index (χ0n) is 17.9. The van der Waals surface area contributed by atoms with E-state index in [1.807, 2.05) is 20.8 Å². The van der Waals surface area contributed by atoms with Crippen molar-refractivity contribution in [2.75, 3.05) is 33.4 Å². The Kier molecular flexibility index (Phi) is 8.73. The third-order valence-electron chi connectivity index (χ3n) is 4.68. The van der Waals surface area contributed by atoms with Crippen molar-refractivity contribution in [1.29, 1.82) is 0 Å². The molecule has 1 saturated heterocycles. The van der Waals surface area contributed by atoms with Gasteiger partial charge in [0.2, 0.25) is 0 Å². The molecule has 1 aliphatic rings. The number of rotatable bonds is 6. The molecule has 0 aromatic heterocycles. The lowest BCUT2D eigenvalue weighted by Gasteiger charge is -2.37. The highest BCUT2D eigenvalue weighted by atomic mass is 35.5. The number of carbonyl (C=O) groups excluding carboxylic acids is 2. The number of likely N-dealkylation sites (tertiary alicyclic amines) is 1. The van der Waals surface area contributed by atoms with Crippen molar-refractivity contribution < 1.29 is 28.2 Å². The van der Waals surface area contributed by atoms with Crippen LogP contribution in [0.1, 0.15) is 45.3 Å². The minimum absolute atomic E-state index is 0.00796. The van der Waals surface area contributed by atoms with Gasteiger partial charge in [-0.05, 0) is 39.7 Å². The number of carbonyl (C=O) groups is 2. The molecule has 1 aromatic carbocycles. The van der Waals surface area contributed by atoms with Gasteiger partial charge in [-0.15, -0.1) is 0 Å². The highest BCUT2D eigenvalue weighted by Gasteiger charge is 2.34. The van der Waals surface area contributed by atoms with Crippen molar-refractivity contribution in [3.8, 4) is 0 Å². The molecule has 0 bridgehead atoms. The number of benzene rings is 1. The number of halogens is 2. The minimum Gasteiger partial charge on any atom is -0.453 e. The van der Waals surface area contributed by atoms with Crippen LogP contribution in [0.2, 0.25) is 5.02 Å². The smallest absolute Gasteiger partial charge is 0.410 e. The maximum Gasteiger partial charge on any atom is 0.410 e. The molecular formula is C21H30ClFN2O5. The molecule has 1 heterocycles. The zero-order valence-corrected chi connectivity index (χ0v) is 18.6. The Labute approximate surface area is 181 Å². The molecule has 0 saturated carbocycles. The number of hydrogen-bond donors (Lipinski definition) is 1. The second-order valence-corrected chi connectivity index (χ2v) is 8.59. The number of nitrogens with one attached hydrogen (secondary N) is 1. The van der Waals surface area contributed by atoms with Gasteiger partial charge in [0.25, 0.3) is 0 Å². The highest BCUT2D eigenvalue weighted by molar-refractivity contribution is 6.30. The van der Waals surface area contributed by atoms with Crippen LogP contribution < -0.4 is 5.32 Å². The van der Waals surface area contributed by atoms with Gasteiger partial charge in [0.1, 0.15) is 11.4 Å². The lowest BCUT2D eigenvalue weighted by Crippen LogP contribution is -2.44. The summed E-state index contributed by atoms with van der Waals surface area (Å²) in [6.45, 7) is 6.73. The zero-order chi connectivity index (χ0) is 22.3. The first-order valence-electron chi connectivity index (χ1n) is 9.97. The number of hydrogen-bond acceptors (Lipinski definition) is 5. The minimum atomic E-state index is -0.631. The molecule has 9 heteroatoms. The summed E-state index contributed by atoms with van der Waals surface area (Å²) in [5, 5.41) is 2.54. The van der Waals surface area contributed by atoms with Gasteiger partial charge >= 0.3 is 12.2 Å². The van der Waals surface area contributed by atoms with Gasteiger partial charge in [-0.1, -0.05) is 23.7 Å². The molecule has 0 radical (unpaired) electrons. The Morgan fingerprint density at radius 2 is 2.10 bits per heavy atom. The van der Waals surface area contributed by atoms with Crippen LogP contribution in [0.15, 0.2) is 18.2 Å². The van der Waals surface area contributed by atoms with E-state index in [1.54, 1.807) is 17.0 Å². The van der Waals surface area contributed by atoms with E-state index in [1.165, 1.54) is 13.2 Å². The van der Waals surface area contributed by atoms with Crippen LogP contribution >= 0.6 is 11.6 Å². The van der Waals surface area contributed by atoms with Crippen molar-refractivity contribution >= 4 is 23.8 Å². The molecule has 2 atom stereocenters. The van der Waals surface area contributed by atoms with Crippen LogP contribution in [0.25, 0.3) is 0 Å². The fourth-order valence-electron chi connectivity index (χ4n) is 3.38. The quantitative estimate of drug-likeness (QED) is 0.652. The average Bonchev–Trinajstić information content (AvgIpc) is 2.69. The van der Waals surface area contributed by atoms with Crippen molar-refractivity contribution in [2.24, 2.45) is 5.92 Å². The molecular weight excluding hydrogens is 415 g/mol. The summed E-state index contributed by atoms with van der Waals surface area (Å²) in [5.41, 5.74) is -0.268. The lowest BCUT2D eigenvalue weighted by molar-refractivity contribution is -0.0258. The predicted molar refractivity (Wildman–Crippen MR) is 111 cm³/mol. The standard InChI is InChI=1S/C21H30ClFN2O5/c1-21(2,3)30-20(27)25-11-6-7-14(13-25)18(29-12-10-24-19(26)28-4)15-8-5-9-16(22)17(15)23/h5,8-9,14,18H,6-7,10-13H2,1-4H3,(H,24,26)/t14?,18-/m1/s1. The van der Waals surface area contributed by atoms with E-state index >= 15 is 0 Å². The first kappa shape index (κ1) is 24.2. The largest absolute Gasteiger partial charge is 0.453 e. The maximum atomic E-state index is 14.8. The first-order chi connectivity index (χ1) is 14.1. The summed E-state index contributed by atoms with van der Waals surface area (Å²) in [7, 11) is 1.27. The van der Waals surface area contributed by atoms with Gasteiger partial charge in [-0.2, -0.15) is 0 Å². The number of methoxy groups -OCH3 is 1. The molecule has 1 unspecified atom stereocenters. The molecule has 30 heavy (non-hydrogen) atoms. The summed E-state index contributed by atoms with van der Waals surface area (Å²) in [6.07, 6.45) is -0.108. The second kappa shape index (κ2) is 10.8. The normalized spacial score (nSPS) is 17.9. The van der Waals surface area contributed by atoms with E-state index in [9.17, 15) is 14.0 Å². The van der Waals surface area contributed by atoms with Crippen LogP contribution in [-0.4, -0.2) is 56.0 Å². The third-order valence-corrected chi connectivity index (χ3v) is 4.97. The fourth-order valence-corrected chi connectivity index (χ4v) is 3.56. The summed E-state index contributed by atoms with van der Waals surface area (Å²) < 4.78 is 30.8. The van der Waals surface area contributed by atoms with Crippen molar-refractivity contribution in [1.82, 2.24) is 10.2 Å². The second-order valence-electron chi connectivity index (χ2n) is 8.18. The van der Waals surface area contributed by atoms with Gasteiger partial charge in [-0.3, -0.25) is 0 Å². The van der Waals surface area contributed by atoms with E-state index in [2.05, 4.69) is 10.1 Å². The number of piperidine rings is 1. The van der Waals surface area contributed by atoms with E-state index < -0.39 is 29.7 Å². The maximum absolute atomic E-state index is 14.8. The van der Waals surface area contributed by atoms with Gasteiger partial charge in [0.15, 0.2) is 0 Å². The number of alkyl carbamates (subject to hydrolysis) is 1. The van der Waals surface area contributed by atoms with Gasteiger partial charge < -0.3 is 24.4 Å². The molecule has 7 nitrogen and oxygen atoms in total. The first-order valence-corrected chi connectivity index (χ1v) is 10.4. The number of nitrogens with zero attached hydrogens (tertiary/aromatic N) is 1. The van der Waals surface area contributed by atoms with Crippen LogP contribution in [0.4, 0.5) is 14.0 Å². The number of ether oxygens (including phenoxy) is 3. The SMILES string of the molecule is COC(=O)NCCO[C@@H](c1cccc(Cl)c1F)C1CCCN(C(=O)OC(C)(C)C)C1. The molecule has 168 valence electrons. The fraction of sp³-hybridized carbons (Fsp3) is 0.619. The molecule has 1 aliphatic heterocycles. The molecule has 1 N–H and O–H groups in total. The molecule has 0 spiro atoms. The van der Waals surface area contributed by atoms with E-state index in [4.69, 9.17) is 21.1 Å². The van der Waals surface area contributed by atoms with E-state index in [-0.39, 0.29) is 24.1 Å². The molecule has 1 aromatic rings. The van der Waals surface area contributed by atoms with Crippen LogP contribution in [-0.2, 0) is 14.2 Å². The Hall–Kier alpha value is -2.06.